The quantitative estimate of drug-likeness (QED) is 0.0748. The summed E-state index contributed by atoms with van der Waals surface area (Å²) in [6.07, 6.45) is 3.59. The summed E-state index contributed by atoms with van der Waals surface area (Å²) in [5, 5.41) is 30.9. The van der Waals surface area contributed by atoms with E-state index in [1.54, 1.807) is 43.6 Å². The van der Waals surface area contributed by atoms with E-state index < -0.39 is 42.0 Å². The molecule has 0 bridgehead atoms. The van der Waals surface area contributed by atoms with E-state index in [1.807, 2.05) is 46.4 Å². The summed E-state index contributed by atoms with van der Waals surface area (Å²) >= 11 is 1.32. The summed E-state index contributed by atoms with van der Waals surface area (Å²) in [6.45, 7) is 18.9. The number of benzene rings is 1. The monoisotopic (exact) mass is 773 g/mol. The molecule has 5 N–H and O–H groups in total. The standard InChI is InChI=1S/C41H67N5O7S/c1-11-19-46(40(50)36(27(8)14-4)45-38(49)35(42-10)26(7)13-3)33(25(5)6)23-34(53-20-12-2)39-44-32(24-54-39)37(48)43-30(21-28(9)41(51)52)22-29-15-17-31(47)18-16-29/h15-18,24-28,30,33-36,42,47H,11-14,19-23H2,1-10H3,(H,43,48)(H,45,49)(H,51,52)/t26-,27-,28-,30+,33?,34+,35+,36-/m0/s1. The fourth-order valence-corrected chi connectivity index (χ4v) is 7.47. The first-order chi connectivity index (χ1) is 25.6. The number of amides is 3. The predicted octanol–water partition coefficient (Wildman–Crippen LogP) is 6.59. The van der Waals surface area contributed by atoms with Crippen LogP contribution in [0, 0.1) is 23.7 Å². The lowest BCUT2D eigenvalue weighted by Gasteiger charge is -2.39. The smallest absolute Gasteiger partial charge is 0.306 e. The Balaban J connectivity index is 2.41. The lowest BCUT2D eigenvalue weighted by molar-refractivity contribution is -0.142. The Morgan fingerprint density at radius 1 is 0.889 bits per heavy atom. The first-order valence-corrected chi connectivity index (χ1v) is 20.7. The van der Waals surface area contributed by atoms with Crippen molar-refractivity contribution in [2.24, 2.45) is 23.7 Å². The minimum atomic E-state index is -0.951. The van der Waals surface area contributed by atoms with Crippen LogP contribution in [0.25, 0.3) is 0 Å². The average Bonchev–Trinajstić information content (AvgIpc) is 3.64. The van der Waals surface area contributed by atoms with Crippen LogP contribution < -0.4 is 16.0 Å². The number of ether oxygens (including phenoxy) is 1. The Morgan fingerprint density at radius 3 is 2.06 bits per heavy atom. The van der Waals surface area contributed by atoms with E-state index in [4.69, 9.17) is 9.72 Å². The number of carboxylic acids is 1. The molecule has 0 aliphatic heterocycles. The zero-order chi connectivity index (χ0) is 40.5. The van der Waals surface area contributed by atoms with Crippen LogP contribution in [-0.4, -0.2) is 88.2 Å². The average molecular weight is 774 g/mol. The van der Waals surface area contributed by atoms with Crippen LogP contribution in [-0.2, 0) is 25.5 Å². The maximum absolute atomic E-state index is 14.6. The van der Waals surface area contributed by atoms with Crippen molar-refractivity contribution in [1.82, 2.24) is 25.8 Å². The first-order valence-electron chi connectivity index (χ1n) is 19.8. The Hall–Kier alpha value is -3.55. The predicted molar refractivity (Wildman–Crippen MR) is 215 cm³/mol. The number of nitrogens with zero attached hydrogens (tertiary/aromatic N) is 2. The fourth-order valence-electron chi connectivity index (χ4n) is 6.61. The molecular formula is C41H67N5O7S. The molecule has 0 saturated heterocycles. The fraction of sp³-hybridized carbons (Fsp3) is 0.683. The number of aliphatic carboxylic acids is 1. The number of rotatable bonds is 25. The van der Waals surface area contributed by atoms with Gasteiger partial charge in [-0.3, -0.25) is 19.2 Å². The number of phenolic OH excluding ortho intramolecular Hbond substituents is 1. The van der Waals surface area contributed by atoms with Crippen LogP contribution in [0.15, 0.2) is 29.6 Å². The highest BCUT2D eigenvalue weighted by molar-refractivity contribution is 7.09. The molecule has 13 heteroatoms. The molecule has 0 aliphatic rings. The van der Waals surface area contributed by atoms with Crippen LogP contribution in [0.1, 0.15) is 128 Å². The summed E-state index contributed by atoms with van der Waals surface area (Å²) in [7, 11) is 1.77. The van der Waals surface area contributed by atoms with E-state index in [-0.39, 0.29) is 53.5 Å². The van der Waals surface area contributed by atoms with Gasteiger partial charge in [0.1, 0.15) is 28.6 Å². The summed E-state index contributed by atoms with van der Waals surface area (Å²) in [6, 6.07) is 4.78. The number of aromatic nitrogens is 1. The zero-order valence-corrected chi connectivity index (χ0v) is 35.0. The van der Waals surface area contributed by atoms with Gasteiger partial charge in [-0.1, -0.05) is 87.3 Å². The summed E-state index contributed by atoms with van der Waals surface area (Å²) in [5.74, 6) is -2.17. The van der Waals surface area contributed by atoms with E-state index in [2.05, 4.69) is 29.8 Å². The van der Waals surface area contributed by atoms with Crippen molar-refractivity contribution in [2.45, 2.75) is 138 Å². The van der Waals surface area contributed by atoms with Gasteiger partial charge in [0, 0.05) is 37.0 Å². The number of carbonyl (C=O) groups is 4. The number of phenols is 1. The molecule has 1 aromatic heterocycles. The van der Waals surface area contributed by atoms with Crippen molar-refractivity contribution >= 4 is 35.0 Å². The maximum atomic E-state index is 14.6. The number of likely N-dealkylation sites (N-methyl/N-ethyl adjacent to an activating group) is 1. The van der Waals surface area contributed by atoms with Crippen LogP contribution in [0.3, 0.4) is 0 Å². The summed E-state index contributed by atoms with van der Waals surface area (Å²) in [5.41, 5.74) is 1.06. The number of thiazole rings is 1. The maximum Gasteiger partial charge on any atom is 0.306 e. The number of aromatic hydroxyl groups is 1. The number of nitrogens with one attached hydrogen (secondary N) is 3. The third-order valence-electron chi connectivity index (χ3n) is 10.3. The largest absolute Gasteiger partial charge is 0.508 e. The third kappa shape index (κ3) is 13.9. The minimum Gasteiger partial charge on any atom is -0.508 e. The van der Waals surface area contributed by atoms with E-state index >= 15 is 0 Å². The molecular weight excluding hydrogens is 707 g/mol. The van der Waals surface area contributed by atoms with Gasteiger partial charge in [0.2, 0.25) is 11.8 Å². The second kappa shape index (κ2) is 23.4. The molecule has 1 unspecified atom stereocenters. The Kier molecular flexibility index (Phi) is 20.2. The molecule has 0 aliphatic carbocycles. The Morgan fingerprint density at radius 2 is 1.52 bits per heavy atom. The van der Waals surface area contributed by atoms with Gasteiger partial charge in [0.25, 0.3) is 5.91 Å². The first kappa shape index (κ1) is 46.6. The van der Waals surface area contributed by atoms with E-state index in [9.17, 15) is 29.4 Å². The molecule has 0 radical (unpaired) electrons. The molecule has 0 spiro atoms. The third-order valence-corrected chi connectivity index (χ3v) is 11.3. The van der Waals surface area contributed by atoms with E-state index in [0.29, 0.717) is 37.4 Å². The van der Waals surface area contributed by atoms with Crippen LogP contribution >= 0.6 is 11.3 Å². The number of carbonyl (C=O) groups excluding carboxylic acids is 3. The van der Waals surface area contributed by atoms with Gasteiger partial charge in [-0.05, 0) is 68.2 Å². The van der Waals surface area contributed by atoms with Crippen LogP contribution in [0.4, 0.5) is 0 Å². The number of hydrogen-bond donors (Lipinski definition) is 5. The van der Waals surface area contributed by atoms with Gasteiger partial charge in [0.15, 0.2) is 0 Å². The Bertz CT molecular complexity index is 1450. The number of hydrogen-bond acceptors (Lipinski definition) is 9. The molecule has 1 heterocycles. The summed E-state index contributed by atoms with van der Waals surface area (Å²) < 4.78 is 6.40. The molecule has 0 fully saturated rings. The molecule has 2 rings (SSSR count). The second-order valence-electron chi connectivity index (χ2n) is 15.0. The normalized spacial score (nSPS) is 16.1. The topological polar surface area (TPSA) is 170 Å². The highest BCUT2D eigenvalue weighted by Gasteiger charge is 2.38. The summed E-state index contributed by atoms with van der Waals surface area (Å²) in [4.78, 5) is 60.1. The van der Waals surface area contributed by atoms with E-state index in [1.165, 1.54) is 11.3 Å². The van der Waals surface area contributed by atoms with Crippen molar-refractivity contribution in [3.05, 3.63) is 45.9 Å². The molecule has 1 aromatic carbocycles. The Labute approximate surface area is 327 Å². The highest BCUT2D eigenvalue weighted by atomic mass is 32.1. The van der Waals surface area contributed by atoms with Gasteiger partial charge in [-0.15, -0.1) is 11.3 Å². The van der Waals surface area contributed by atoms with Crippen molar-refractivity contribution in [1.29, 1.82) is 0 Å². The number of carboxylic acid groups (broad SMARTS) is 1. The van der Waals surface area contributed by atoms with Gasteiger partial charge >= 0.3 is 5.97 Å². The van der Waals surface area contributed by atoms with Gasteiger partial charge in [-0.2, -0.15) is 0 Å². The van der Waals surface area contributed by atoms with Crippen molar-refractivity contribution in [2.75, 3.05) is 20.2 Å². The highest BCUT2D eigenvalue weighted by Crippen LogP contribution is 2.32. The molecule has 54 heavy (non-hydrogen) atoms. The zero-order valence-electron chi connectivity index (χ0n) is 34.2. The molecule has 2 aromatic rings. The van der Waals surface area contributed by atoms with Crippen molar-refractivity contribution in [3.8, 4) is 5.75 Å². The van der Waals surface area contributed by atoms with Gasteiger partial charge in [0.05, 0.1) is 12.0 Å². The van der Waals surface area contributed by atoms with Gasteiger partial charge in [-0.25, -0.2) is 4.98 Å². The van der Waals surface area contributed by atoms with Crippen molar-refractivity contribution < 1.29 is 34.1 Å². The van der Waals surface area contributed by atoms with Crippen LogP contribution in [0.2, 0.25) is 0 Å². The lowest BCUT2D eigenvalue weighted by Crippen LogP contribution is -2.59. The van der Waals surface area contributed by atoms with E-state index in [0.717, 1.165) is 24.8 Å². The molecule has 304 valence electrons. The second-order valence-corrected chi connectivity index (χ2v) is 15.9. The van der Waals surface area contributed by atoms with Crippen LogP contribution in [0.5, 0.6) is 5.75 Å². The lowest BCUT2D eigenvalue weighted by atomic mass is 9.91. The van der Waals surface area contributed by atoms with Crippen molar-refractivity contribution in [3.63, 3.8) is 0 Å². The van der Waals surface area contributed by atoms with Gasteiger partial charge < -0.3 is 35.8 Å². The minimum absolute atomic E-state index is 0.0475. The molecule has 8 atom stereocenters. The molecule has 12 nitrogen and oxygen atoms in total. The molecule has 0 saturated carbocycles. The SMILES string of the molecule is CCCO[C@H](CC(C(C)C)N(CCC)C(=O)[C@@H](NC(=O)[C@H](NC)[C@@H](C)CC)[C@@H](C)CC)c1nc(C(=O)N[C@@H](Cc2ccc(O)cc2)C[C@H](C)C(=O)O)cs1. The molecule has 3 amide bonds.